The summed E-state index contributed by atoms with van der Waals surface area (Å²) in [6, 6.07) is -0.0144. The third-order valence-corrected chi connectivity index (χ3v) is 2.67. The summed E-state index contributed by atoms with van der Waals surface area (Å²) in [7, 11) is 0. The number of aromatic nitrogens is 3. The van der Waals surface area contributed by atoms with Crippen molar-refractivity contribution in [3.8, 4) is 0 Å². The summed E-state index contributed by atoms with van der Waals surface area (Å²) < 4.78 is 7.47. The van der Waals surface area contributed by atoms with Gasteiger partial charge in [0.1, 0.15) is 12.2 Å². The highest BCUT2D eigenvalue weighted by molar-refractivity contribution is 4.91. The van der Waals surface area contributed by atoms with Gasteiger partial charge in [-0.05, 0) is 20.3 Å². The minimum Gasteiger partial charge on any atom is -0.377 e. The van der Waals surface area contributed by atoms with Gasteiger partial charge in [-0.2, -0.15) is 5.10 Å². The number of nitrogens with two attached hydrogens (primary N) is 1. The molecule has 1 rings (SSSR count). The van der Waals surface area contributed by atoms with Gasteiger partial charge in [0.2, 0.25) is 0 Å². The Morgan fingerprint density at radius 2 is 2.19 bits per heavy atom. The van der Waals surface area contributed by atoms with E-state index in [0.717, 1.165) is 18.8 Å². The first kappa shape index (κ1) is 13.1. The van der Waals surface area contributed by atoms with Gasteiger partial charge in [0.05, 0.1) is 6.10 Å². The molecule has 0 aromatic carbocycles. The summed E-state index contributed by atoms with van der Waals surface area (Å²) in [6.45, 7) is 7.65. The van der Waals surface area contributed by atoms with Gasteiger partial charge in [-0.3, -0.25) is 4.68 Å². The lowest BCUT2D eigenvalue weighted by Crippen LogP contribution is -2.39. The molecule has 0 aliphatic rings. The van der Waals surface area contributed by atoms with Crippen LogP contribution >= 0.6 is 0 Å². The van der Waals surface area contributed by atoms with Crippen LogP contribution in [0.25, 0.3) is 0 Å². The molecule has 0 saturated heterocycles. The molecule has 0 aliphatic heterocycles. The van der Waals surface area contributed by atoms with Crippen molar-refractivity contribution >= 4 is 0 Å². The van der Waals surface area contributed by atoms with Crippen LogP contribution in [0.5, 0.6) is 0 Å². The Labute approximate surface area is 97.0 Å². The molecule has 0 aliphatic carbocycles. The monoisotopic (exact) mass is 226 g/mol. The molecule has 0 spiro atoms. The Bertz CT molecular complexity index is 300. The fraction of sp³-hybridized carbons (Fsp3) is 0.818. The average Bonchev–Trinajstić information content (AvgIpc) is 2.72. The van der Waals surface area contributed by atoms with E-state index in [1.54, 1.807) is 6.33 Å². The maximum absolute atomic E-state index is 6.12. The van der Waals surface area contributed by atoms with Gasteiger partial charge in [-0.1, -0.05) is 6.92 Å². The van der Waals surface area contributed by atoms with E-state index in [1.807, 2.05) is 18.5 Å². The molecule has 16 heavy (non-hydrogen) atoms. The molecule has 2 atom stereocenters. The molecule has 1 aromatic rings. The lowest BCUT2D eigenvalue weighted by molar-refractivity contribution is 0.0411. The molecule has 0 radical (unpaired) electrons. The first-order valence-electron chi connectivity index (χ1n) is 5.96. The quantitative estimate of drug-likeness (QED) is 0.752. The predicted molar refractivity (Wildman–Crippen MR) is 63.1 cm³/mol. The molecule has 1 heterocycles. The second-order valence-electron chi connectivity index (χ2n) is 3.76. The number of ether oxygens (including phenoxy) is 1. The summed E-state index contributed by atoms with van der Waals surface area (Å²) >= 11 is 0. The van der Waals surface area contributed by atoms with E-state index in [2.05, 4.69) is 17.0 Å². The van der Waals surface area contributed by atoms with Crippen molar-refractivity contribution < 1.29 is 4.74 Å². The largest absolute Gasteiger partial charge is 0.377 e. The van der Waals surface area contributed by atoms with Gasteiger partial charge < -0.3 is 10.5 Å². The second kappa shape index (κ2) is 6.60. The molecule has 2 unspecified atom stereocenters. The Kier molecular flexibility index (Phi) is 5.42. The first-order chi connectivity index (χ1) is 7.72. The van der Waals surface area contributed by atoms with Crippen LogP contribution in [0.4, 0.5) is 0 Å². The maximum atomic E-state index is 6.12. The van der Waals surface area contributed by atoms with E-state index in [4.69, 9.17) is 10.5 Å². The number of aryl methyl sites for hydroxylation is 1. The van der Waals surface area contributed by atoms with Crippen molar-refractivity contribution in [2.75, 3.05) is 6.61 Å². The third-order valence-electron chi connectivity index (χ3n) is 2.67. The Morgan fingerprint density at radius 3 is 2.75 bits per heavy atom. The summed E-state index contributed by atoms with van der Waals surface area (Å²) in [5, 5.41) is 4.13. The van der Waals surface area contributed by atoms with Crippen LogP contribution in [0, 0.1) is 0 Å². The zero-order valence-corrected chi connectivity index (χ0v) is 10.4. The van der Waals surface area contributed by atoms with Gasteiger partial charge in [0.25, 0.3) is 0 Å². The third kappa shape index (κ3) is 3.28. The smallest absolute Gasteiger partial charge is 0.138 e. The zero-order chi connectivity index (χ0) is 12.0. The topological polar surface area (TPSA) is 66.0 Å². The Morgan fingerprint density at radius 1 is 1.44 bits per heavy atom. The van der Waals surface area contributed by atoms with E-state index in [1.165, 1.54) is 0 Å². The van der Waals surface area contributed by atoms with Crippen LogP contribution in [-0.4, -0.2) is 33.5 Å². The highest BCUT2D eigenvalue weighted by atomic mass is 16.5. The van der Waals surface area contributed by atoms with Crippen molar-refractivity contribution in [2.24, 2.45) is 5.73 Å². The maximum Gasteiger partial charge on any atom is 0.138 e. The normalized spacial score (nSPS) is 15.0. The van der Waals surface area contributed by atoms with Crippen molar-refractivity contribution in [2.45, 2.75) is 52.3 Å². The molecule has 0 amide bonds. The molecular weight excluding hydrogens is 204 g/mol. The molecule has 1 aromatic heterocycles. The summed E-state index contributed by atoms with van der Waals surface area (Å²) in [5.74, 6) is 0.938. The number of nitrogens with zero attached hydrogens (tertiary/aromatic N) is 3. The first-order valence-corrected chi connectivity index (χ1v) is 5.96. The Balaban J connectivity index is 2.58. The molecule has 2 N–H and O–H groups in total. The fourth-order valence-electron chi connectivity index (χ4n) is 1.81. The number of hydrogen-bond acceptors (Lipinski definition) is 4. The van der Waals surface area contributed by atoms with Crippen LogP contribution in [0.15, 0.2) is 6.33 Å². The molecule has 0 fully saturated rings. The van der Waals surface area contributed by atoms with Gasteiger partial charge >= 0.3 is 0 Å². The summed E-state index contributed by atoms with van der Waals surface area (Å²) in [5.41, 5.74) is 6.12. The molecule has 5 heteroatoms. The standard InChI is InChI=1S/C11H22N4O/c1-4-10(16-6-3)9(12)7-11-13-8-14-15(11)5-2/h8-10H,4-7,12H2,1-3H3. The highest BCUT2D eigenvalue weighted by Crippen LogP contribution is 2.07. The lowest BCUT2D eigenvalue weighted by Gasteiger charge is -2.22. The summed E-state index contributed by atoms with van der Waals surface area (Å²) in [6.07, 6.45) is 3.32. The van der Waals surface area contributed by atoms with Gasteiger partial charge in [0, 0.05) is 25.6 Å². The Hall–Kier alpha value is -0.940. The summed E-state index contributed by atoms with van der Waals surface area (Å²) in [4.78, 5) is 4.22. The predicted octanol–water partition coefficient (Wildman–Crippen LogP) is 0.983. The molecule has 92 valence electrons. The van der Waals surface area contributed by atoms with Crippen molar-refractivity contribution in [3.05, 3.63) is 12.2 Å². The van der Waals surface area contributed by atoms with E-state index >= 15 is 0 Å². The number of hydrogen-bond donors (Lipinski definition) is 1. The van der Waals surface area contributed by atoms with Crippen LogP contribution in [-0.2, 0) is 17.7 Å². The molecule has 5 nitrogen and oxygen atoms in total. The lowest BCUT2D eigenvalue weighted by atomic mass is 10.1. The van der Waals surface area contributed by atoms with Crippen LogP contribution in [0.2, 0.25) is 0 Å². The average molecular weight is 226 g/mol. The fourth-order valence-corrected chi connectivity index (χ4v) is 1.81. The van der Waals surface area contributed by atoms with Crippen LogP contribution in [0.1, 0.15) is 33.0 Å². The second-order valence-corrected chi connectivity index (χ2v) is 3.76. The van der Waals surface area contributed by atoms with Crippen LogP contribution < -0.4 is 5.73 Å². The van der Waals surface area contributed by atoms with Crippen molar-refractivity contribution in [3.63, 3.8) is 0 Å². The minimum absolute atomic E-state index is 0.0144. The molecular formula is C11H22N4O. The SMILES string of the molecule is CCOC(CC)C(N)Cc1ncnn1CC. The van der Waals surface area contributed by atoms with Crippen molar-refractivity contribution in [1.82, 2.24) is 14.8 Å². The zero-order valence-electron chi connectivity index (χ0n) is 10.4. The van der Waals surface area contributed by atoms with E-state index in [9.17, 15) is 0 Å². The molecule has 0 bridgehead atoms. The molecule has 0 saturated carbocycles. The van der Waals surface area contributed by atoms with E-state index < -0.39 is 0 Å². The highest BCUT2D eigenvalue weighted by Gasteiger charge is 2.18. The number of rotatable bonds is 7. The van der Waals surface area contributed by atoms with Gasteiger partial charge in [0.15, 0.2) is 0 Å². The van der Waals surface area contributed by atoms with E-state index in [0.29, 0.717) is 13.0 Å². The van der Waals surface area contributed by atoms with Crippen LogP contribution in [0.3, 0.4) is 0 Å². The van der Waals surface area contributed by atoms with Gasteiger partial charge in [-0.15, -0.1) is 0 Å². The van der Waals surface area contributed by atoms with Crippen molar-refractivity contribution in [1.29, 1.82) is 0 Å². The van der Waals surface area contributed by atoms with Gasteiger partial charge in [-0.25, -0.2) is 4.98 Å². The van der Waals surface area contributed by atoms with E-state index in [-0.39, 0.29) is 12.1 Å². The minimum atomic E-state index is -0.0144.